The highest BCUT2D eigenvalue weighted by atomic mass is 16.5. The molecule has 0 amide bonds. The Balaban J connectivity index is 2.16. The minimum absolute atomic E-state index is 0.00412. The molecule has 1 rings (SSSR count). The molecule has 13 heavy (non-hydrogen) atoms. The van der Waals surface area contributed by atoms with Crippen molar-refractivity contribution >= 4 is 5.97 Å². The third kappa shape index (κ3) is 3.77. The Morgan fingerprint density at radius 1 is 1.46 bits per heavy atom. The van der Waals surface area contributed by atoms with Gasteiger partial charge in [-0.1, -0.05) is 12.8 Å². The van der Waals surface area contributed by atoms with Crippen LogP contribution in [0.25, 0.3) is 0 Å². The third-order valence-corrected chi connectivity index (χ3v) is 2.41. The van der Waals surface area contributed by atoms with Crippen LogP contribution in [0.4, 0.5) is 0 Å². The van der Waals surface area contributed by atoms with Crippen LogP contribution in [0, 0.1) is 0 Å². The molecule has 1 aliphatic carbocycles. The van der Waals surface area contributed by atoms with Crippen molar-refractivity contribution in [2.45, 2.75) is 51.2 Å². The number of rotatable bonds is 4. The fraction of sp³-hybridized carbons (Fsp3) is 0.900. The van der Waals surface area contributed by atoms with Crippen LogP contribution >= 0.6 is 0 Å². The lowest BCUT2D eigenvalue weighted by molar-refractivity contribution is -0.144. The molecule has 0 aromatic carbocycles. The van der Waals surface area contributed by atoms with Crippen LogP contribution in [0.5, 0.6) is 0 Å². The molecule has 3 nitrogen and oxygen atoms in total. The van der Waals surface area contributed by atoms with E-state index in [9.17, 15) is 4.79 Å². The van der Waals surface area contributed by atoms with Crippen molar-refractivity contribution in [3.8, 4) is 0 Å². The Bertz CT molecular complexity index is 162. The summed E-state index contributed by atoms with van der Waals surface area (Å²) in [6.07, 6.45) is 5.55. The van der Waals surface area contributed by atoms with Gasteiger partial charge >= 0.3 is 5.97 Å². The standard InChI is InChI=1S/C10H18O3/c1-8(7-10(11)12-2)13-9-5-3-4-6-9/h8-9H,3-7H2,1-2H3. The zero-order valence-electron chi connectivity index (χ0n) is 8.41. The third-order valence-electron chi connectivity index (χ3n) is 2.41. The topological polar surface area (TPSA) is 35.5 Å². The molecule has 0 bridgehead atoms. The van der Waals surface area contributed by atoms with E-state index in [2.05, 4.69) is 4.74 Å². The molecule has 0 spiro atoms. The molecule has 76 valence electrons. The predicted octanol–water partition coefficient (Wildman–Crippen LogP) is 1.90. The SMILES string of the molecule is COC(=O)CC(C)OC1CCCC1. The zero-order chi connectivity index (χ0) is 9.68. The van der Waals surface area contributed by atoms with E-state index in [1.807, 2.05) is 6.92 Å². The monoisotopic (exact) mass is 186 g/mol. The summed E-state index contributed by atoms with van der Waals surface area (Å²) in [4.78, 5) is 10.9. The first-order chi connectivity index (χ1) is 6.22. The number of esters is 1. The van der Waals surface area contributed by atoms with Crippen molar-refractivity contribution in [3.63, 3.8) is 0 Å². The second kappa shape index (κ2) is 5.22. The van der Waals surface area contributed by atoms with E-state index in [0.29, 0.717) is 12.5 Å². The summed E-state index contributed by atoms with van der Waals surface area (Å²) >= 11 is 0. The molecule has 3 heteroatoms. The van der Waals surface area contributed by atoms with E-state index in [1.54, 1.807) is 0 Å². The van der Waals surface area contributed by atoms with Gasteiger partial charge in [-0.2, -0.15) is 0 Å². The van der Waals surface area contributed by atoms with Crippen molar-refractivity contribution in [1.29, 1.82) is 0 Å². The van der Waals surface area contributed by atoms with Crippen LogP contribution in [-0.2, 0) is 14.3 Å². The average Bonchev–Trinajstić information content (AvgIpc) is 2.56. The molecule has 1 saturated carbocycles. The van der Waals surface area contributed by atoms with Gasteiger partial charge in [0, 0.05) is 0 Å². The summed E-state index contributed by atoms with van der Waals surface area (Å²) in [5.74, 6) is -0.189. The molecule has 0 N–H and O–H groups in total. The van der Waals surface area contributed by atoms with Crippen LogP contribution in [0.3, 0.4) is 0 Å². The van der Waals surface area contributed by atoms with Gasteiger partial charge in [0.25, 0.3) is 0 Å². The number of carbonyl (C=O) groups excluding carboxylic acids is 1. The molecule has 0 radical (unpaired) electrons. The maximum atomic E-state index is 10.9. The minimum atomic E-state index is -0.189. The molecule has 0 saturated heterocycles. The first kappa shape index (κ1) is 10.5. The molecule has 0 aromatic heterocycles. The fourth-order valence-electron chi connectivity index (χ4n) is 1.72. The lowest BCUT2D eigenvalue weighted by Gasteiger charge is -2.16. The molecule has 1 atom stereocenters. The first-order valence-electron chi connectivity index (χ1n) is 4.94. The molecule has 1 aliphatic rings. The Morgan fingerprint density at radius 2 is 2.08 bits per heavy atom. The van der Waals surface area contributed by atoms with Gasteiger partial charge in [0.1, 0.15) is 0 Å². The van der Waals surface area contributed by atoms with Gasteiger partial charge in [0.15, 0.2) is 0 Å². The summed E-state index contributed by atoms with van der Waals surface area (Å²) in [5.41, 5.74) is 0. The number of methoxy groups -OCH3 is 1. The van der Waals surface area contributed by atoms with Crippen LogP contribution < -0.4 is 0 Å². The normalized spacial score (nSPS) is 20.2. The lowest BCUT2D eigenvalue weighted by Crippen LogP contribution is -2.20. The Kier molecular flexibility index (Phi) is 4.22. The van der Waals surface area contributed by atoms with Crippen LogP contribution in [-0.4, -0.2) is 25.3 Å². The van der Waals surface area contributed by atoms with Crippen molar-refractivity contribution in [2.24, 2.45) is 0 Å². The van der Waals surface area contributed by atoms with Crippen molar-refractivity contribution in [1.82, 2.24) is 0 Å². The quantitative estimate of drug-likeness (QED) is 0.629. The summed E-state index contributed by atoms with van der Waals surface area (Å²) < 4.78 is 10.2. The van der Waals surface area contributed by atoms with E-state index < -0.39 is 0 Å². The number of ether oxygens (including phenoxy) is 2. The molecule has 1 unspecified atom stereocenters. The van der Waals surface area contributed by atoms with Gasteiger partial charge in [-0.3, -0.25) is 4.79 Å². The molecule has 0 aliphatic heterocycles. The predicted molar refractivity (Wildman–Crippen MR) is 49.4 cm³/mol. The fourth-order valence-corrected chi connectivity index (χ4v) is 1.72. The highest BCUT2D eigenvalue weighted by Crippen LogP contribution is 2.22. The lowest BCUT2D eigenvalue weighted by atomic mass is 10.2. The van der Waals surface area contributed by atoms with Crippen molar-refractivity contribution in [3.05, 3.63) is 0 Å². The summed E-state index contributed by atoms with van der Waals surface area (Å²) in [6, 6.07) is 0. The number of hydrogen-bond acceptors (Lipinski definition) is 3. The van der Waals surface area contributed by atoms with Crippen LogP contribution in [0.2, 0.25) is 0 Å². The Morgan fingerprint density at radius 3 is 2.62 bits per heavy atom. The largest absolute Gasteiger partial charge is 0.469 e. The van der Waals surface area contributed by atoms with Crippen molar-refractivity contribution in [2.75, 3.05) is 7.11 Å². The molecular formula is C10H18O3. The Labute approximate surface area is 79.4 Å². The summed E-state index contributed by atoms with van der Waals surface area (Å²) in [7, 11) is 1.41. The van der Waals surface area contributed by atoms with E-state index in [1.165, 1.54) is 20.0 Å². The highest BCUT2D eigenvalue weighted by Gasteiger charge is 2.19. The van der Waals surface area contributed by atoms with Gasteiger partial charge < -0.3 is 9.47 Å². The average molecular weight is 186 g/mol. The summed E-state index contributed by atoms with van der Waals surface area (Å²) in [5, 5.41) is 0. The maximum Gasteiger partial charge on any atom is 0.308 e. The smallest absolute Gasteiger partial charge is 0.308 e. The number of hydrogen-bond donors (Lipinski definition) is 0. The first-order valence-corrected chi connectivity index (χ1v) is 4.94. The Hall–Kier alpha value is -0.570. The molecule has 1 fully saturated rings. The van der Waals surface area contributed by atoms with Crippen LogP contribution in [0.15, 0.2) is 0 Å². The van der Waals surface area contributed by atoms with E-state index in [0.717, 1.165) is 12.8 Å². The molecule has 0 aromatic rings. The molecular weight excluding hydrogens is 168 g/mol. The second-order valence-corrected chi connectivity index (χ2v) is 3.63. The highest BCUT2D eigenvalue weighted by molar-refractivity contribution is 5.69. The van der Waals surface area contributed by atoms with E-state index >= 15 is 0 Å². The maximum absolute atomic E-state index is 10.9. The van der Waals surface area contributed by atoms with Gasteiger partial charge in [0.2, 0.25) is 0 Å². The van der Waals surface area contributed by atoms with Crippen molar-refractivity contribution < 1.29 is 14.3 Å². The molecule has 0 heterocycles. The van der Waals surface area contributed by atoms with E-state index in [-0.39, 0.29) is 12.1 Å². The van der Waals surface area contributed by atoms with Gasteiger partial charge in [-0.05, 0) is 19.8 Å². The summed E-state index contributed by atoms with van der Waals surface area (Å²) in [6.45, 7) is 1.93. The minimum Gasteiger partial charge on any atom is -0.469 e. The van der Waals surface area contributed by atoms with E-state index in [4.69, 9.17) is 4.74 Å². The van der Waals surface area contributed by atoms with Gasteiger partial charge in [-0.25, -0.2) is 0 Å². The number of carbonyl (C=O) groups is 1. The zero-order valence-corrected chi connectivity index (χ0v) is 8.41. The second-order valence-electron chi connectivity index (χ2n) is 3.63. The van der Waals surface area contributed by atoms with Gasteiger partial charge in [0.05, 0.1) is 25.7 Å². The van der Waals surface area contributed by atoms with Crippen LogP contribution in [0.1, 0.15) is 39.0 Å². The van der Waals surface area contributed by atoms with Gasteiger partial charge in [-0.15, -0.1) is 0 Å².